The van der Waals surface area contributed by atoms with Crippen molar-refractivity contribution in [2.75, 3.05) is 0 Å². The summed E-state index contributed by atoms with van der Waals surface area (Å²) in [4.78, 5) is 8.50. The van der Waals surface area contributed by atoms with E-state index in [2.05, 4.69) is 14.2 Å². The number of halogens is 3. The fraction of sp³-hybridized carbons (Fsp3) is 0.0345. The molecule has 4 aromatic carbocycles. The molecule has 0 unspecified atom stereocenters. The molecule has 38 heavy (non-hydrogen) atoms. The van der Waals surface area contributed by atoms with Crippen molar-refractivity contribution in [1.29, 1.82) is 0 Å². The number of rotatable bonds is 6. The average molecular weight is 533 g/mol. The third-order valence-electron chi connectivity index (χ3n) is 5.72. The van der Waals surface area contributed by atoms with Crippen LogP contribution in [0.25, 0.3) is 44.8 Å². The normalized spacial score (nSPS) is 11.8. The first-order valence-corrected chi connectivity index (χ1v) is 12.8. The highest BCUT2D eigenvalue weighted by atomic mass is 32.2. The van der Waals surface area contributed by atoms with Gasteiger partial charge in [-0.2, -0.15) is 21.6 Å². The minimum absolute atomic E-state index is 0.169. The van der Waals surface area contributed by atoms with Crippen LogP contribution in [0.5, 0.6) is 5.88 Å². The Morgan fingerprint density at radius 2 is 1.03 bits per heavy atom. The van der Waals surface area contributed by atoms with E-state index in [-0.39, 0.29) is 5.69 Å². The van der Waals surface area contributed by atoms with Gasteiger partial charge in [0.25, 0.3) is 5.88 Å². The predicted octanol–water partition coefficient (Wildman–Crippen LogP) is 7.37. The van der Waals surface area contributed by atoms with E-state index in [1.165, 1.54) is 0 Å². The molecule has 0 bridgehead atoms. The van der Waals surface area contributed by atoms with Gasteiger partial charge in [-0.3, -0.25) is 0 Å². The molecule has 0 saturated carbocycles. The van der Waals surface area contributed by atoms with Crippen molar-refractivity contribution in [3.05, 3.63) is 115 Å². The zero-order chi connectivity index (χ0) is 26.8. The number of aromatic nitrogens is 2. The second-order valence-electron chi connectivity index (χ2n) is 8.28. The smallest absolute Gasteiger partial charge is 0.354 e. The van der Waals surface area contributed by atoms with E-state index in [9.17, 15) is 21.6 Å². The molecular weight excluding hydrogens is 513 g/mol. The highest BCUT2D eigenvalue weighted by molar-refractivity contribution is 7.87. The van der Waals surface area contributed by atoms with Gasteiger partial charge in [0.1, 0.15) is 5.69 Å². The lowest BCUT2D eigenvalue weighted by atomic mass is 9.97. The number of hydrogen-bond donors (Lipinski definition) is 0. The Kier molecular flexibility index (Phi) is 6.69. The SMILES string of the molecule is O=S(=O)(Oc1cnc(-c2cccc(-c3ccccc3)c2)c(-c2cccc(-c3ccccc3)c2)n1)C(F)(F)F. The summed E-state index contributed by atoms with van der Waals surface area (Å²) in [6, 6.07) is 33.8. The van der Waals surface area contributed by atoms with Gasteiger partial charge < -0.3 is 4.18 Å². The highest BCUT2D eigenvalue weighted by Gasteiger charge is 2.49. The Hall–Kier alpha value is -4.50. The summed E-state index contributed by atoms with van der Waals surface area (Å²) in [7, 11) is -5.92. The van der Waals surface area contributed by atoms with Gasteiger partial charge in [-0.1, -0.05) is 97.1 Å². The summed E-state index contributed by atoms with van der Waals surface area (Å²) >= 11 is 0. The second-order valence-corrected chi connectivity index (χ2v) is 9.82. The summed E-state index contributed by atoms with van der Waals surface area (Å²) in [6.45, 7) is 0. The number of nitrogens with zero attached hydrogens (tertiary/aromatic N) is 2. The van der Waals surface area contributed by atoms with Gasteiger partial charge in [0.2, 0.25) is 0 Å². The Morgan fingerprint density at radius 3 is 1.53 bits per heavy atom. The third kappa shape index (κ3) is 5.28. The van der Waals surface area contributed by atoms with Crippen LogP contribution >= 0.6 is 0 Å². The van der Waals surface area contributed by atoms with Crippen LogP contribution in [0.3, 0.4) is 0 Å². The van der Waals surface area contributed by atoms with Crippen LogP contribution in [-0.2, 0) is 10.1 Å². The van der Waals surface area contributed by atoms with E-state index >= 15 is 0 Å². The van der Waals surface area contributed by atoms with Crippen molar-refractivity contribution in [3.63, 3.8) is 0 Å². The van der Waals surface area contributed by atoms with Crippen LogP contribution in [0.1, 0.15) is 0 Å². The van der Waals surface area contributed by atoms with Crippen molar-refractivity contribution in [1.82, 2.24) is 9.97 Å². The van der Waals surface area contributed by atoms with Crippen molar-refractivity contribution in [2.45, 2.75) is 5.51 Å². The van der Waals surface area contributed by atoms with Crippen LogP contribution in [0.15, 0.2) is 115 Å². The third-order valence-corrected chi connectivity index (χ3v) is 6.67. The minimum atomic E-state index is -5.92. The van der Waals surface area contributed by atoms with E-state index in [1.54, 1.807) is 18.2 Å². The van der Waals surface area contributed by atoms with Crippen molar-refractivity contribution >= 4 is 10.1 Å². The molecule has 1 aromatic heterocycles. The largest absolute Gasteiger partial charge is 0.534 e. The maximum Gasteiger partial charge on any atom is 0.534 e. The molecule has 1 heterocycles. The highest BCUT2D eigenvalue weighted by Crippen LogP contribution is 2.35. The lowest BCUT2D eigenvalue weighted by Gasteiger charge is -2.14. The molecule has 0 aliphatic rings. The predicted molar refractivity (Wildman–Crippen MR) is 139 cm³/mol. The maximum atomic E-state index is 13.0. The van der Waals surface area contributed by atoms with E-state index in [0.717, 1.165) is 28.5 Å². The topological polar surface area (TPSA) is 69.2 Å². The van der Waals surface area contributed by atoms with Crippen LogP contribution < -0.4 is 4.18 Å². The van der Waals surface area contributed by atoms with Gasteiger partial charge in [-0.25, -0.2) is 9.97 Å². The van der Waals surface area contributed by atoms with Crippen LogP contribution in [0, 0.1) is 0 Å². The average Bonchev–Trinajstić information content (AvgIpc) is 2.93. The van der Waals surface area contributed by atoms with Gasteiger partial charge in [-0.15, -0.1) is 0 Å². The Labute approximate surface area is 217 Å². The van der Waals surface area contributed by atoms with Gasteiger partial charge in [0.15, 0.2) is 0 Å². The molecule has 0 radical (unpaired) electrons. The summed E-state index contributed by atoms with van der Waals surface area (Å²) in [5, 5.41) is 0. The molecule has 0 aliphatic heterocycles. The van der Waals surface area contributed by atoms with E-state index < -0.39 is 21.5 Å². The van der Waals surface area contributed by atoms with Gasteiger partial charge in [-0.05, 0) is 34.4 Å². The number of hydrogen-bond acceptors (Lipinski definition) is 5. The molecule has 0 spiro atoms. The van der Waals surface area contributed by atoms with Crippen molar-refractivity contribution in [2.24, 2.45) is 0 Å². The van der Waals surface area contributed by atoms with E-state index in [0.29, 0.717) is 16.8 Å². The lowest BCUT2D eigenvalue weighted by Crippen LogP contribution is -2.28. The molecule has 0 saturated heterocycles. The summed E-state index contributed by atoms with van der Waals surface area (Å²) in [5.74, 6) is -0.787. The Bertz CT molecular complexity index is 1690. The lowest BCUT2D eigenvalue weighted by molar-refractivity contribution is -0.0501. The summed E-state index contributed by atoms with van der Waals surface area (Å²) in [6.07, 6.45) is 0.873. The zero-order valence-corrected chi connectivity index (χ0v) is 20.4. The van der Waals surface area contributed by atoms with Gasteiger partial charge in [0.05, 0.1) is 11.9 Å². The molecule has 190 valence electrons. The summed E-state index contributed by atoms with van der Waals surface area (Å²) < 4.78 is 66.5. The summed E-state index contributed by atoms with van der Waals surface area (Å²) in [5.41, 5.74) is -0.305. The Balaban J connectivity index is 1.66. The molecule has 0 fully saturated rings. The molecular formula is C29H19F3N2O3S. The molecule has 5 rings (SSSR count). The first kappa shape index (κ1) is 25.2. The molecule has 0 N–H and O–H groups in total. The van der Waals surface area contributed by atoms with E-state index in [1.807, 2.05) is 91.0 Å². The maximum absolute atomic E-state index is 13.0. The fourth-order valence-corrected chi connectivity index (χ4v) is 4.34. The molecule has 5 nitrogen and oxygen atoms in total. The zero-order valence-electron chi connectivity index (χ0n) is 19.6. The van der Waals surface area contributed by atoms with Crippen LogP contribution in [0.4, 0.5) is 13.2 Å². The van der Waals surface area contributed by atoms with Crippen LogP contribution in [-0.4, -0.2) is 23.9 Å². The monoisotopic (exact) mass is 532 g/mol. The minimum Gasteiger partial charge on any atom is -0.354 e. The first-order chi connectivity index (χ1) is 18.2. The van der Waals surface area contributed by atoms with Gasteiger partial charge >= 0.3 is 15.6 Å². The molecule has 0 atom stereocenters. The molecule has 9 heteroatoms. The number of alkyl halides is 3. The number of benzene rings is 4. The Morgan fingerprint density at radius 1 is 0.579 bits per heavy atom. The quantitative estimate of drug-likeness (QED) is 0.169. The molecule has 0 amide bonds. The van der Waals surface area contributed by atoms with E-state index in [4.69, 9.17) is 0 Å². The van der Waals surface area contributed by atoms with Crippen molar-refractivity contribution in [3.8, 4) is 50.6 Å². The first-order valence-electron chi connectivity index (χ1n) is 11.4. The standard InChI is InChI=1S/C29H19F3N2O3S/c30-29(31,32)38(35,36)37-26-19-33-27(24-15-7-13-22(17-24)20-9-3-1-4-10-20)28(34-26)25-16-8-14-23(18-25)21-11-5-2-6-12-21/h1-19H. The van der Waals surface area contributed by atoms with Crippen molar-refractivity contribution < 1.29 is 25.8 Å². The second kappa shape index (κ2) is 10.1. The molecule has 5 aromatic rings. The van der Waals surface area contributed by atoms with Gasteiger partial charge in [0, 0.05) is 11.1 Å². The fourth-order valence-electron chi connectivity index (χ4n) is 3.94. The van der Waals surface area contributed by atoms with Crippen LogP contribution in [0.2, 0.25) is 0 Å². The molecule has 0 aliphatic carbocycles.